The summed E-state index contributed by atoms with van der Waals surface area (Å²) in [4.78, 5) is 16.0. The Bertz CT molecular complexity index is 412. The predicted molar refractivity (Wildman–Crippen MR) is 72.0 cm³/mol. The van der Waals surface area contributed by atoms with Crippen LogP contribution in [-0.4, -0.2) is 30.1 Å². The number of rotatable bonds is 6. The highest BCUT2D eigenvalue weighted by molar-refractivity contribution is 7.09. The lowest BCUT2D eigenvalue weighted by Crippen LogP contribution is -2.49. The third-order valence-corrected chi connectivity index (χ3v) is 4.52. The van der Waals surface area contributed by atoms with E-state index in [1.54, 1.807) is 7.11 Å². The molecule has 0 saturated heterocycles. The summed E-state index contributed by atoms with van der Waals surface area (Å²) in [5, 5.41) is 5.62. The number of thiazole rings is 1. The number of hydrogen-bond acceptors (Lipinski definition) is 4. The van der Waals surface area contributed by atoms with Gasteiger partial charge >= 0.3 is 0 Å². The summed E-state index contributed by atoms with van der Waals surface area (Å²) in [6.07, 6.45) is 3.55. The van der Waals surface area contributed by atoms with Crippen LogP contribution in [0.5, 0.6) is 0 Å². The van der Waals surface area contributed by atoms with Crippen LogP contribution < -0.4 is 5.32 Å². The molecule has 2 rings (SSSR count). The van der Waals surface area contributed by atoms with Crippen LogP contribution in [0.2, 0.25) is 0 Å². The second-order valence-electron chi connectivity index (χ2n) is 4.56. The second kappa shape index (κ2) is 5.99. The molecule has 1 aliphatic rings. The smallest absolute Gasteiger partial charge is 0.226 e. The van der Waals surface area contributed by atoms with Crippen LogP contribution in [0, 0.1) is 0 Å². The van der Waals surface area contributed by atoms with Crippen LogP contribution in [0.15, 0.2) is 5.38 Å². The van der Waals surface area contributed by atoms with Gasteiger partial charge < -0.3 is 10.1 Å². The van der Waals surface area contributed by atoms with Gasteiger partial charge in [-0.25, -0.2) is 4.98 Å². The van der Waals surface area contributed by atoms with Crippen LogP contribution in [-0.2, 0) is 21.8 Å². The van der Waals surface area contributed by atoms with Crippen molar-refractivity contribution in [1.82, 2.24) is 10.3 Å². The number of ether oxygens (including phenoxy) is 1. The average molecular weight is 289 g/mol. The quantitative estimate of drug-likeness (QED) is 0.816. The Morgan fingerprint density at radius 1 is 1.67 bits per heavy atom. The number of alkyl halides is 1. The van der Waals surface area contributed by atoms with Gasteiger partial charge in [-0.05, 0) is 19.3 Å². The largest absolute Gasteiger partial charge is 0.376 e. The van der Waals surface area contributed by atoms with E-state index in [0.717, 1.165) is 23.5 Å². The second-order valence-corrected chi connectivity index (χ2v) is 5.77. The zero-order chi connectivity index (χ0) is 13.0. The molecule has 1 amide bonds. The normalized spacial score (nSPS) is 17.2. The molecule has 1 saturated carbocycles. The van der Waals surface area contributed by atoms with Crippen LogP contribution in [0.1, 0.15) is 30.0 Å². The third-order valence-electron chi connectivity index (χ3n) is 3.35. The SMILES string of the molecule is COC1(CNC(=O)Cc2nc(CCl)cs2)CCC1. The minimum absolute atomic E-state index is 0.00574. The molecule has 1 aromatic heterocycles. The Morgan fingerprint density at radius 2 is 2.44 bits per heavy atom. The number of halogens is 1. The fraction of sp³-hybridized carbons (Fsp3) is 0.667. The highest BCUT2D eigenvalue weighted by Gasteiger charge is 2.37. The van der Waals surface area contributed by atoms with Crippen molar-refractivity contribution in [3.63, 3.8) is 0 Å². The Kier molecular flexibility index (Phi) is 4.59. The monoisotopic (exact) mass is 288 g/mol. The molecule has 0 radical (unpaired) electrons. The molecule has 0 atom stereocenters. The Labute approximate surface area is 116 Å². The molecule has 0 bridgehead atoms. The summed E-state index contributed by atoms with van der Waals surface area (Å²) in [6, 6.07) is 0. The topological polar surface area (TPSA) is 51.2 Å². The number of amides is 1. The summed E-state index contributed by atoms with van der Waals surface area (Å²) in [6.45, 7) is 0.593. The summed E-state index contributed by atoms with van der Waals surface area (Å²) in [5.41, 5.74) is 0.705. The van der Waals surface area contributed by atoms with Gasteiger partial charge in [-0.2, -0.15) is 0 Å². The van der Waals surface area contributed by atoms with Crippen molar-refractivity contribution >= 4 is 28.8 Å². The van der Waals surface area contributed by atoms with Crippen molar-refractivity contribution < 1.29 is 9.53 Å². The number of carbonyl (C=O) groups is 1. The molecule has 1 N–H and O–H groups in total. The van der Waals surface area contributed by atoms with Gasteiger partial charge in [-0.1, -0.05) is 0 Å². The molecule has 4 nitrogen and oxygen atoms in total. The zero-order valence-corrected chi connectivity index (χ0v) is 11.9. The fourth-order valence-electron chi connectivity index (χ4n) is 1.98. The van der Waals surface area contributed by atoms with E-state index in [9.17, 15) is 4.79 Å². The fourth-order valence-corrected chi connectivity index (χ4v) is 3.00. The number of nitrogens with one attached hydrogen (secondary N) is 1. The highest BCUT2D eigenvalue weighted by atomic mass is 35.5. The number of hydrogen-bond donors (Lipinski definition) is 1. The molecule has 6 heteroatoms. The predicted octanol–water partition coefficient (Wildman–Crippen LogP) is 2.11. The van der Waals surface area contributed by atoms with Crippen molar-refractivity contribution in [3.05, 3.63) is 16.1 Å². The van der Waals surface area contributed by atoms with Gasteiger partial charge in [-0.3, -0.25) is 4.79 Å². The van der Waals surface area contributed by atoms with Crippen molar-refractivity contribution in [2.75, 3.05) is 13.7 Å². The van der Waals surface area contributed by atoms with Crippen molar-refractivity contribution in [3.8, 4) is 0 Å². The maximum Gasteiger partial charge on any atom is 0.226 e. The number of aromatic nitrogens is 1. The Hall–Kier alpha value is -0.650. The van der Waals surface area contributed by atoms with Crippen molar-refractivity contribution in [2.45, 2.75) is 37.2 Å². The van der Waals surface area contributed by atoms with Crippen LogP contribution in [0.4, 0.5) is 0 Å². The summed E-state index contributed by atoms with van der Waals surface area (Å²) < 4.78 is 5.45. The lowest BCUT2D eigenvalue weighted by molar-refractivity contribution is -0.124. The van der Waals surface area contributed by atoms with E-state index >= 15 is 0 Å². The van der Waals surface area contributed by atoms with E-state index in [1.807, 2.05) is 5.38 Å². The Morgan fingerprint density at radius 3 is 2.94 bits per heavy atom. The van der Waals surface area contributed by atoms with Gasteiger partial charge in [0.15, 0.2) is 0 Å². The van der Waals surface area contributed by atoms with Crippen LogP contribution >= 0.6 is 22.9 Å². The van der Waals surface area contributed by atoms with Crippen LogP contribution in [0.25, 0.3) is 0 Å². The van der Waals surface area contributed by atoms with Gasteiger partial charge in [0.2, 0.25) is 5.91 Å². The summed E-state index contributed by atoms with van der Waals surface area (Å²) >= 11 is 7.14. The molecule has 0 spiro atoms. The number of nitrogens with zero attached hydrogens (tertiary/aromatic N) is 1. The minimum atomic E-state index is -0.125. The van der Waals surface area contributed by atoms with E-state index in [4.69, 9.17) is 16.3 Å². The minimum Gasteiger partial charge on any atom is -0.376 e. The maximum atomic E-state index is 11.8. The van der Waals surface area contributed by atoms with E-state index < -0.39 is 0 Å². The average Bonchev–Trinajstić information content (AvgIpc) is 2.76. The zero-order valence-electron chi connectivity index (χ0n) is 10.4. The van der Waals surface area contributed by atoms with Gasteiger partial charge in [0.25, 0.3) is 0 Å². The molecule has 0 unspecified atom stereocenters. The molecule has 0 aliphatic heterocycles. The molecule has 1 aromatic rings. The first kappa shape index (κ1) is 13.8. The molecular formula is C12H17ClN2O2S. The van der Waals surface area contributed by atoms with Gasteiger partial charge in [0, 0.05) is 19.0 Å². The first-order chi connectivity index (χ1) is 8.67. The van der Waals surface area contributed by atoms with Gasteiger partial charge in [-0.15, -0.1) is 22.9 Å². The molecule has 1 heterocycles. The molecule has 1 aliphatic carbocycles. The lowest BCUT2D eigenvalue weighted by Gasteiger charge is -2.40. The first-order valence-corrected chi connectivity index (χ1v) is 7.40. The third kappa shape index (κ3) is 3.22. The molecule has 0 aromatic carbocycles. The number of carbonyl (C=O) groups excluding carboxylic acids is 1. The van der Waals surface area contributed by atoms with Crippen LogP contribution in [0.3, 0.4) is 0 Å². The summed E-state index contributed by atoms with van der Waals surface area (Å²) in [5.74, 6) is 0.388. The molecule has 18 heavy (non-hydrogen) atoms. The van der Waals surface area contributed by atoms with Crippen molar-refractivity contribution in [2.24, 2.45) is 0 Å². The van der Waals surface area contributed by atoms with E-state index in [1.165, 1.54) is 17.8 Å². The number of methoxy groups -OCH3 is 1. The first-order valence-electron chi connectivity index (χ1n) is 5.98. The maximum absolute atomic E-state index is 11.8. The molecular weight excluding hydrogens is 272 g/mol. The highest BCUT2D eigenvalue weighted by Crippen LogP contribution is 2.34. The van der Waals surface area contributed by atoms with Gasteiger partial charge in [0.1, 0.15) is 5.01 Å². The lowest BCUT2D eigenvalue weighted by atomic mass is 9.80. The molecule has 100 valence electrons. The van der Waals surface area contributed by atoms with Crippen molar-refractivity contribution in [1.29, 1.82) is 0 Å². The van der Waals surface area contributed by atoms with Gasteiger partial charge in [0.05, 0.1) is 23.6 Å². The van der Waals surface area contributed by atoms with E-state index in [0.29, 0.717) is 18.8 Å². The molecule has 1 fully saturated rings. The van der Waals surface area contributed by atoms with E-state index in [2.05, 4.69) is 10.3 Å². The summed E-state index contributed by atoms with van der Waals surface area (Å²) in [7, 11) is 1.71. The van der Waals surface area contributed by atoms with E-state index in [-0.39, 0.29) is 11.5 Å². The standard InChI is InChI=1S/C12H17ClN2O2S/c1-17-12(3-2-4-12)8-14-10(16)5-11-15-9(6-13)7-18-11/h7H,2-6,8H2,1H3,(H,14,16). The Balaban J connectivity index is 1.78.